The summed E-state index contributed by atoms with van der Waals surface area (Å²) in [6, 6.07) is 5.25. The van der Waals surface area contributed by atoms with Crippen LogP contribution in [0.4, 0.5) is 9.18 Å². The zero-order chi connectivity index (χ0) is 18.5. The molecule has 1 aromatic carbocycles. The zero-order valence-corrected chi connectivity index (χ0v) is 14.7. The molecule has 2 aromatic rings. The highest BCUT2D eigenvalue weighted by atomic mass is 32.2. The largest absolute Gasteiger partial charge is 0.481 e. The lowest BCUT2D eigenvalue weighted by Crippen LogP contribution is -2.41. The molecule has 3 amide bonds. The van der Waals surface area contributed by atoms with Gasteiger partial charge in [0.25, 0.3) is 11.1 Å². The molecule has 3 rings (SSSR count). The Balaban J connectivity index is 1.45. The fourth-order valence-electron chi connectivity index (χ4n) is 1.95. The molecular formula is C16H17FN4O4S. The van der Waals surface area contributed by atoms with Gasteiger partial charge in [0.05, 0.1) is 5.75 Å². The Morgan fingerprint density at radius 1 is 1.35 bits per heavy atom. The molecule has 1 aliphatic carbocycles. The second kappa shape index (κ2) is 8.17. The van der Waals surface area contributed by atoms with Gasteiger partial charge < -0.3 is 14.5 Å². The third-order valence-electron chi connectivity index (χ3n) is 3.39. The first kappa shape index (κ1) is 18.2. The predicted octanol–water partition coefficient (Wildman–Crippen LogP) is 2.43. The van der Waals surface area contributed by atoms with Gasteiger partial charge in [-0.2, -0.15) is 0 Å². The SMILES string of the molecule is C[C@@H](Oc1ccc(F)cc1)c1nnc(SCC(=O)NC(=O)NC2CC2)o1. The predicted molar refractivity (Wildman–Crippen MR) is 90.2 cm³/mol. The first-order chi connectivity index (χ1) is 12.5. The van der Waals surface area contributed by atoms with Crippen LogP contribution in [-0.4, -0.2) is 33.9 Å². The minimum atomic E-state index is -0.541. The number of imide groups is 1. The number of thioether (sulfide) groups is 1. The van der Waals surface area contributed by atoms with E-state index in [0.29, 0.717) is 5.75 Å². The van der Waals surface area contributed by atoms with Gasteiger partial charge in [0.1, 0.15) is 11.6 Å². The Bertz CT molecular complexity index is 779. The van der Waals surface area contributed by atoms with Crippen LogP contribution in [0.2, 0.25) is 0 Å². The number of ether oxygens (including phenoxy) is 1. The maximum atomic E-state index is 12.9. The molecule has 1 heterocycles. The second-order valence-corrected chi connectivity index (χ2v) is 6.63. The maximum absolute atomic E-state index is 12.9. The Labute approximate surface area is 152 Å². The van der Waals surface area contributed by atoms with Crippen molar-refractivity contribution < 1.29 is 23.1 Å². The summed E-state index contributed by atoms with van der Waals surface area (Å²) in [5.74, 6) is -0.155. The van der Waals surface area contributed by atoms with Crippen molar-refractivity contribution in [1.29, 1.82) is 0 Å². The molecule has 1 aromatic heterocycles. The van der Waals surface area contributed by atoms with E-state index in [9.17, 15) is 14.0 Å². The quantitative estimate of drug-likeness (QED) is 0.711. The standard InChI is InChI=1S/C16H17FN4O4S/c1-9(24-12-6-2-10(17)3-7-12)14-20-21-16(25-14)26-8-13(22)19-15(23)18-11-4-5-11/h2-3,6-7,9,11H,4-5,8H2,1H3,(H2,18,19,22,23)/t9-/m1/s1. The van der Waals surface area contributed by atoms with E-state index >= 15 is 0 Å². The minimum absolute atomic E-state index is 0.0348. The van der Waals surface area contributed by atoms with Gasteiger partial charge in [-0.05, 0) is 44.0 Å². The number of carbonyl (C=O) groups is 2. The average Bonchev–Trinajstić information content (AvgIpc) is 3.28. The zero-order valence-electron chi connectivity index (χ0n) is 13.9. The molecule has 0 saturated heterocycles. The highest BCUT2D eigenvalue weighted by Crippen LogP contribution is 2.24. The van der Waals surface area contributed by atoms with Gasteiger partial charge in [-0.15, -0.1) is 10.2 Å². The van der Waals surface area contributed by atoms with Crippen LogP contribution in [0.3, 0.4) is 0 Å². The summed E-state index contributed by atoms with van der Waals surface area (Å²) in [5, 5.41) is 12.8. The third kappa shape index (κ3) is 5.45. The van der Waals surface area contributed by atoms with Crippen LogP contribution in [-0.2, 0) is 4.79 Å². The van der Waals surface area contributed by atoms with Crippen molar-refractivity contribution in [3.05, 3.63) is 36.0 Å². The summed E-state index contributed by atoms with van der Waals surface area (Å²) >= 11 is 1.01. The number of benzene rings is 1. The van der Waals surface area contributed by atoms with Gasteiger partial charge in [-0.25, -0.2) is 9.18 Å². The summed E-state index contributed by atoms with van der Waals surface area (Å²) in [7, 11) is 0. The van der Waals surface area contributed by atoms with E-state index < -0.39 is 18.0 Å². The summed E-state index contributed by atoms with van der Waals surface area (Å²) in [5.41, 5.74) is 0. The van der Waals surface area contributed by atoms with Crippen LogP contribution in [0.5, 0.6) is 5.75 Å². The van der Waals surface area contributed by atoms with E-state index in [2.05, 4.69) is 20.8 Å². The molecule has 0 aliphatic heterocycles. The van der Waals surface area contributed by atoms with Gasteiger partial charge >= 0.3 is 6.03 Å². The van der Waals surface area contributed by atoms with Crippen LogP contribution in [0.25, 0.3) is 0 Å². The van der Waals surface area contributed by atoms with Crippen LogP contribution in [0.15, 0.2) is 33.9 Å². The monoisotopic (exact) mass is 380 g/mol. The van der Waals surface area contributed by atoms with E-state index in [1.54, 1.807) is 6.92 Å². The van der Waals surface area contributed by atoms with Gasteiger partial charge in [-0.3, -0.25) is 10.1 Å². The molecule has 0 bridgehead atoms. The van der Waals surface area contributed by atoms with Crippen molar-refractivity contribution in [2.24, 2.45) is 0 Å². The number of carbonyl (C=O) groups excluding carboxylic acids is 2. The molecule has 1 aliphatic rings. The Morgan fingerprint density at radius 2 is 2.08 bits per heavy atom. The smallest absolute Gasteiger partial charge is 0.321 e. The molecule has 1 saturated carbocycles. The van der Waals surface area contributed by atoms with Gasteiger partial charge in [-0.1, -0.05) is 11.8 Å². The van der Waals surface area contributed by atoms with Gasteiger partial charge in [0.15, 0.2) is 6.10 Å². The third-order valence-corrected chi connectivity index (χ3v) is 4.21. The first-order valence-electron chi connectivity index (χ1n) is 7.98. The molecular weight excluding hydrogens is 363 g/mol. The number of amides is 3. The Hall–Kier alpha value is -2.62. The van der Waals surface area contributed by atoms with E-state index in [4.69, 9.17) is 9.15 Å². The number of urea groups is 1. The van der Waals surface area contributed by atoms with Crippen LogP contribution < -0.4 is 15.4 Å². The second-order valence-electron chi connectivity index (χ2n) is 5.70. The number of nitrogens with one attached hydrogen (secondary N) is 2. The van der Waals surface area contributed by atoms with E-state index in [0.717, 1.165) is 24.6 Å². The molecule has 2 N–H and O–H groups in total. The van der Waals surface area contributed by atoms with Gasteiger partial charge in [0, 0.05) is 6.04 Å². The first-order valence-corrected chi connectivity index (χ1v) is 8.97. The highest BCUT2D eigenvalue weighted by Gasteiger charge is 2.24. The van der Waals surface area contributed by atoms with E-state index in [-0.39, 0.29) is 28.7 Å². The normalized spacial score (nSPS) is 14.5. The van der Waals surface area contributed by atoms with Crippen molar-refractivity contribution in [3.63, 3.8) is 0 Å². The lowest BCUT2D eigenvalue weighted by atomic mass is 10.3. The van der Waals surface area contributed by atoms with E-state index in [1.807, 2.05) is 0 Å². The highest BCUT2D eigenvalue weighted by molar-refractivity contribution is 7.99. The summed E-state index contributed by atoms with van der Waals surface area (Å²) in [4.78, 5) is 23.2. The molecule has 1 atom stereocenters. The lowest BCUT2D eigenvalue weighted by Gasteiger charge is -2.10. The van der Waals surface area contributed by atoms with Crippen molar-refractivity contribution in [2.75, 3.05) is 5.75 Å². The lowest BCUT2D eigenvalue weighted by molar-refractivity contribution is -0.117. The summed E-state index contributed by atoms with van der Waals surface area (Å²) in [6.45, 7) is 1.71. The van der Waals surface area contributed by atoms with Crippen molar-refractivity contribution in [2.45, 2.75) is 37.1 Å². The van der Waals surface area contributed by atoms with Gasteiger partial charge in [0.2, 0.25) is 5.91 Å². The number of halogens is 1. The molecule has 0 spiro atoms. The molecule has 138 valence electrons. The van der Waals surface area contributed by atoms with Crippen molar-refractivity contribution in [3.8, 4) is 5.75 Å². The average molecular weight is 380 g/mol. The Morgan fingerprint density at radius 3 is 2.77 bits per heavy atom. The maximum Gasteiger partial charge on any atom is 0.321 e. The van der Waals surface area contributed by atoms with Crippen LogP contribution >= 0.6 is 11.8 Å². The Kier molecular flexibility index (Phi) is 5.71. The summed E-state index contributed by atoms with van der Waals surface area (Å²) < 4.78 is 23.9. The number of hydrogen-bond donors (Lipinski definition) is 2. The number of rotatable bonds is 7. The van der Waals surface area contributed by atoms with E-state index in [1.165, 1.54) is 24.3 Å². The molecule has 26 heavy (non-hydrogen) atoms. The fourth-order valence-corrected chi connectivity index (χ4v) is 2.52. The topological polar surface area (TPSA) is 106 Å². The van der Waals surface area contributed by atoms with Crippen molar-refractivity contribution in [1.82, 2.24) is 20.8 Å². The number of nitrogens with zero attached hydrogens (tertiary/aromatic N) is 2. The van der Waals surface area contributed by atoms with Crippen molar-refractivity contribution >= 4 is 23.7 Å². The minimum Gasteiger partial charge on any atom is -0.481 e. The number of aromatic nitrogens is 2. The molecule has 0 radical (unpaired) electrons. The van der Waals surface area contributed by atoms with Crippen LogP contribution in [0.1, 0.15) is 31.8 Å². The fraction of sp³-hybridized carbons (Fsp3) is 0.375. The van der Waals surface area contributed by atoms with Crippen LogP contribution in [0, 0.1) is 5.82 Å². The summed E-state index contributed by atoms with van der Waals surface area (Å²) in [6.07, 6.45) is 1.35. The molecule has 0 unspecified atom stereocenters. The molecule has 1 fully saturated rings. The number of hydrogen-bond acceptors (Lipinski definition) is 7. The molecule has 8 nitrogen and oxygen atoms in total. The molecule has 10 heteroatoms.